The zero-order valence-corrected chi connectivity index (χ0v) is 12.2. The van der Waals surface area contributed by atoms with E-state index < -0.39 is 11.5 Å². The van der Waals surface area contributed by atoms with Gasteiger partial charge in [-0.15, -0.1) is 0 Å². The first-order valence-corrected chi connectivity index (χ1v) is 7.03. The largest absolute Gasteiger partial charge is 0.480 e. The molecule has 0 radical (unpaired) electrons. The van der Waals surface area contributed by atoms with Crippen molar-refractivity contribution in [1.29, 1.82) is 0 Å². The molecule has 4 nitrogen and oxygen atoms in total. The molecule has 0 bridgehead atoms. The topological polar surface area (TPSA) is 52.6 Å². The number of hydrogen-bond acceptors (Lipinski definition) is 3. The van der Waals surface area contributed by atoms with Crippen LogP contribution in [0.25, 0.3) is 0 Å². The van der Waals surface area contributed by atoms with Gasteiger partial charge in [0.15, 0.2) is 0 Å². The molecule has 106 valence electrons. The van der Waals surface area contributed by atoms with Gasteiger partial charge in [-0.1, -0.05) is 13.8 Å². The van der Waals surface area contributed by atoms with E-state index in [1.165, 1.54) is 12.8 Å². The number of carboxylic acids is 1. The summed E-state index contributed by atoms with van der Waals surface area (Å²) in [6.07, 6.45) is 3.16. The molecule has 18 heavy (non-hydrogen) atoms. The van der Waals surface area contributed by atoms with Crippen molar-refractivity contribution in [3.05, 3.63) is 0 Å². The molecule has 1 rings (SSSR count). The predicted molar refractivity (Wildman–Crippen MR) is 73.7 cm³/mol. The van der Waals surface area contributed by atoms with Crippen molar-refractivity contribution in [2.45, 2.75) is 45.6 Å². The molecular formula is C14H28N2O2. The minimum absolute atomic E-state index is 0.658. The number of likely N-dealkylation sites (N-methyl/N-ethyl adjacent to an activating group) is 1. The van der Waals surface area contributed by atoms with E-state index in [2.05, 4.69) is 24.1 Å². The first-order chi connectivity index (χ1) is 8.39. The minimum atomic E-state index is -0.797. The fourth-order valence-electron chi connectivity index (χ4n) is 2.56. The molecule has 0 aliphatic carbocycles. The summed E-state index contributed by atoms with van der Waals surface area (Å²) in [6, 6.07) is 0. The lowest BCUT2D eigenvalue weighted by molar-refractivity contribution is -0.144. The summed E-state index contributed by atoms with van der Waals surface area (Å²) in [5, 5.41) is 12.1. The van der Waals surface area contributed by atoms with Gasteiger partial charge in [-0.25, -0.2) is 0 Å². The molecule has 0 aromatic rings. The zero-order chi connectivity index (χ0) is 13.8. The molecule has 0 spiro atoms. The SMILES string of the molecule is CNC(C)(CCN1CCC(C(C)C)CC1)C(=O)O. The normalized spacial score (nSPS) is 22.1. The van der Waals surface area contributed by atoms with E-state index in [4.69, 9.17) is 0 Å². The lowest BCUT2D eigenvalue weighted by atomic mass is 9.86. The Balaban J connectivity index is 2.35. The molecule has 1 atom stereocenters. The third kappa shape index (κ3) is 3.95. The van der Waals surface area contributed by atoms with Crippen molar-refractivity contribution >= 4 is 5.97 Å². The first kappa shape index (κ1) is 15.4. The molecule has 1 heterocycles. The molecule has 0 amide bonds. The Morgan fingerprint density at radius 2 is 2.00 bits per heavy atom. The molecule has 1 aliphatic rings. The second-order valence-corrected chi connectivity index (χ2v) is 6.06. The number of nitrogens with zero attached hydrogens (tertiary/aromatic N) is 1. The fraction of sp³-hybridized carbons (Fsp3) is 0.929. The van der Waals surface area contributed by atoms with Gasteiger partial charge in [0.05, 0.1) is 0 Å². The molecule has 1 fully saturated rings. The van der Waals surface area contributed by atoms with Crippen molar-refractivity contribution in [2.75, 3.05) is 26.7 Å². The molecule has 0 aromatic heterocycles. The standard InChI is InChI=1S/C14H28N2O2/c1-11(2)12-5-8-16(9-6-12)10-7-14(3,15-4)13(17)18/h11-12,15H,5-10H2,1-4H3,(H,17,18). The number of nitrogens with one attached hydrogen (secondary N) is 1. The van der Waals surface area contributed by atoms with Crippen LogP contribution in [-0.4, -0.2) is 48.2 Å². The van der Waals surface area contributed by atoms with Gasteiger partial charge in [-0.2, -0.15) is 0 Å². The summed E-state index contributed by atoms with van der Waals surface area (Å²) in [5.74, 6) is 0.854. The Bertz CT molecular complexity index is 273. The highest BCUT2D eigenvalue weighted by Gasteiger charge is 2.32. The monoisotopic (exact) mass is 256 g/mol. The summed E-state index contributed by atoms with van der Waals surface area (Å²) in [4.78, 5) is 13.6. The van der Waals surface area contributed by atoms with E-state index in [1.807, 2.05) is 0 Å². The van der Waals surface area contributed by atoms with Crippen molar-refractivity contribution in [1.82, 2.24) is 10.2 Å². The van der Waals surface area contributed by atoms with Gasteiger partial charge < -0.3 is 15.3 Å². The third-order valence-electron chi connectivity index (χ3n) is 4.53. The van der Waals surface area contributed by atoms with Crippen LogP contribution < -0.4 is 5.32 Å². The number of hydrogen-bond donors (Lipinski definition) is 2. The van der Waals surface area contributed by atoms with Gasteiger partial charge >= 0.3 is 5.97 Å². The van der Waals surface area contributed by atoms with Crippen LogP contribution >= 0.6 is 0 Å². The van der Waals surface area contributed by atoms with Crippen LogP contribution in [-0.2, 0) is 4.79 Å². The summed E-state index contributed by atoms with van der Waals surface area (Å²) in [5.41, 5.74) is -0.797. The highest BCUT2D eigenvalue weighted by molar-refractivity contribution is 5.78. The molecule has 1 saturated heterocycles. The number of carbonyl (C=O) groups is 1. The Hall–Kier alpha value is -0.610. The second kappa shape index (κ2) is 6.53. The number of rotatable bonds is 6. The third-order valence-corrected chi connectivity index (χ3v) is 4.53. The quantitative estimate of drug-likeness (QED) is 0.761. The highest BCUT2D eigenvalue weighted by Crippen LogP contribution is 2.25. The van der Waals surface area contributed by atoms with Gasteiger partial charge in [0, 0.05) is 6.54 Å². The highest BCUT2D eigenvalue weighted by atomic mass is 16.4. The Labute approximate surface area is 111 Å². The predicted octanol–water partition coefficient (Wildman–Crippen LogP) is 1.81. The van der Waals surface area contributed by atoms with Gasteiger partial charge in [0.1, 0.15) is 5.54 Å². The van der Waals surface area contributed by atoms with Gasteiger partial charge in [-0.05, 0) is 58.2 Å². The smallest absolute Gasteiger partial charge is 0.323 e. The van der Waals surface area contributed by atoms with Crippen molar-refractivity contribution in [2.24, 2.45) is 11.8 Å². The molecule has 1 aliphatic heterocycles. The average molecular weight is 256 g/mol. The Kier molecular flexibility index (Phi) is 5.60. The van der Waals surface area contributed by atoms with Crippen LogP contribution in [0.3, 0.4) is 0 Å². The van der Waals surface area contributed by atoms with Crippen LogP contribution in [0, 0.1) is 11.8 Å². The van der Waals surface area contributed by atoms with Crippen LogP contribution in [0.1, 0.15) is 40.0 Å². The maximum absolute atomic E-state index is 11.2. The molecule has 0 aromatic carbocycles. The molecule has 2 N–H and O–H groups in total. The minimum Gasteiger partial charge on any atom is -0.480 e. The summed E-state index contributed by atoms with van der Waals surface area (Å²) >= 11 is 0. The Morgan fingerprint density at radius 3 is 2.39 bits per heavy atom. The zero-order valence-electron chi connectivity index (χ0n) is 12.2. The molecular weight excluding hydrogens is 228 g/mol. The van der Waals surface area contributed by atoms with E-state index in [0.29, 0.717) is 6.42 Å². The van der Waals surface area contributed by atoms with Crippen LogP contribution in [0.15, 0.2) is 0 Å². The van der Waals surface area contributed by atoms with E-state index in [1.54, 1.807) is 14.0 Å². The van der Waals surface area contributed by atoms with Crippen molar-refractivity contribution in [3.8, 4) is 0 Å². The summed E-state index contributed by atoms with van der Waals surface area (Å²) in [7, 11) is 1.72. The van der Waals surface area contributed by atoms with Crippen LogP contribution in [0.4, 0.5) is 0 Å². The van der Waals surface area contributed by atoms with Crippen LogP contribution in [0.5, 0.6) is 0 Å². The number of carboxylic acid groups (broad SMARTS) is 1. The number of piperidine rings is 1. The lowest BCUT2D eigenvalue weighted by Gasteiger charge is -2.35. The van der Waals surface area contributed by atoms with Gasteiger partial charge in [-0.3, -0.25) is 4.79 Å². The molecule has 0 saturated carbocycles. The summed E-state index contributed by atoms with van der Waals surface area (Å²) < 4.78 is 0. The van der Waals surface area contributed by atoms with Crippen LogP contribution in [0.2, 0.25) is 0 Å². The summed E-state index contributed by atoms with van der Waals surface area (Å²) in [6.45, 7) is 9.45. The number of aliphatic carboxylic acids is 1. The van der Waals surface area contributed by atoms with E-state index >= 15 is 0 Å². The van der Waals surface area contributed by atoms with E-state index in [9.17, 15) is 9.90 Å². The van der Waals surface area contributed by atoms with Crippen molar-refractivity contribution < 1.29 is 9.90 Å². The first-order valence-electron chi connectivity index (χ1n) is 7.03. The van der Waals surface area contributed by atoms with Gasteiger partial charge in [0.2, 0.25) is 0 Å². The lowest BCUT2D eigenvalue weighted by Crippen LogP contribution is -2.50. The molecule has 4 heteroatoms. The maximum atomic E-state index is 11.2. The molecule has 1 unspecified atom stereocenters. The second-order valence-electron chi connectivity index (χ2n) is 6.06. The maximum Gasteiger partial charge on any atom is 0.323 e. The van der Waals surface area contributed by atoms with Gasteiger partial charge in [0.25, 0.3) is 0 Å². The number of likely N-dealkylation sites (tertiary alicyclic amines) is 1. The fourth-order valence-corrected chi connectivity index (χ4v) is 2.56. The van der Waals surface area contributed by atoms with E-state index in [0.717, 1.165) is 31.5 Å². The Morgan fingerprint density at radius 1 is 1.44 bits per heavy atom. The van der Waals surface area contributed by atoms with Crippen molar-refractivity contribution in [3.63, 3.8) is 0 Å². The van der Waals surface area contributed by atoms with E-state index in [-0.39, 0.29) is 0 Å². The average Bonchev–Trinajstić information content (AvgIpc) is 2.36.